The standard InChI is InChI=1S/C24H21N5O2S2/c1-15(32-24-28-27-22(29(24)2)19-7-5-13-31-19)23(30)25-17-11-9-16(10-12-17)14-21-26-18-6-3-4-8-20(18)33-21/h3-13,15H,14H2,1-2H3,(H,25,30)/t15-/m0/s1. The van der Waals surface area contributed by atoms with E-state index >= 15 is 0 Å². The molecular formula is C24H21N5O2S2. The fourth-order valence-corrected chi connectivity index (χ4v) is 5.19. The molecule has 0 aliphatic rings. The summed E-state index contributed by atoms with van der Waals surface area (Å²) >= 11 is 3.06. The predicted octanol–water partition coefficient (Wildman–Crippen LogP) is 5.39. The molecule has 5 rings (SSSR count). The molecule has 1 N–H and O–H groups in total. The summed E-state index contributed by atoms with van der Waals surface area (Å²) in [6, 6.07) is 19.7. The number of fused-ring (bicyclic) bond motifs is 1. The van der Waals surface area contributed by atoms with E-state index < -0.39 is 0 Å². The fourth-order valence-electron chi connectivity index (χ4n) is 3.37. The number of furan rings is 1. The lowest BCUT2D eigenvalue weighted by Crippen LogP contribution is -2.22. The third kappa shape index (κ3) is 4.69. The van der Waals surface area contributed by atoms with Gasteiger partial charge in [-0.2, -0.15) is 0 Å². The molecule has 3 aromatic heterocycles. The molecule has 3 heterocycles. The molecule has 5 aromatic rings. The fraction of sp³-hybridized carbons (Fsp3) is 0.167. The highest BCUT2D eigenvalue weighted by Crippen LogP contribution is 2.27. The van der Waals surface area contributed by atoms with Crippen LogP contribution in [0.25, 0.3) is 21.8 Å². The lowest BCUT2D eigenvalue weighted by molar-refractivity contribution is -0.115. The Labute approximate surface area is 198 Å². The number of anilines is 1. The van der Waals surface area contributed by atoms with Gasteiger partial charge in [0.15, 0.2) is 16.7 Å². The van der Waals surface area contributed by atoms with Crippen LogP contribution >= 0.6 is 23.1 Å². The molecule has 0 saturated carbocycles. The number of benzene rings is 2. The van der Waals surface area contributed by atoms with Crippen LogP contribution in [0, 0.1) is 0 Å². The normalized spacial score (nSPS) is 12.2. The highest BCUT2D eigenvalue weighted by molar-refractivity contribution is 8.00. The van der Waals surface area contributed by atoms with E-state index in [2.05, 4.69) is 21.6 Å². The number of rotatable bonds is 7. The van der Waals surface area contributed by atoms with Crippen LogP contribution in [-0.2, 0) is 18.3 Å². The molecule has 1 amide bonds. The average Bonchev–Trinajstić information content (AvgIpc) is 3.55. The van der Waals surface area contributed by atoms with Crippen LogP contribution in [0.1, 0.15) is 17.5 Å². The summed E-state index contributed by atoms with van der Waals surface area (Å²) in [7, 11) is 1.86. The zero-order chi connectivity index (χ0) is 22.8. The van der Waals surface area contributed by atoms with Gasteiger partial charge >= 0.3 is 0 Å². The Kier molecular flexibility index (Phi) is 5.97. The number of para-hydroxylation sites is 1. The summed E-state index contributed by atoms with van der Waals surface area (Å²) in [5.74, 6) is 1.17. The van der Waals surface area contributed by atoms with E-state index in [4.69, 9.17) is 9.40 Å². The van der Waals surface area contributed by atoms with Crippen LogP contribution in [-0.4, -0.2) is 30.9 Å². The van der Waals surface area contributed by atoms with E-state index in [-0.39, 0.29) is 11.2 Å². The zero-order valence-corrected chi connectivity index (χ0v) is 19.7. The van der Waals surface area contributed by atoms with Crippen molar-refractivity contribution >= 4 is 44.9 Å². The quantitative estimate of drug-likeness (QED) is 0.318. The second-order valence-corrected chi connectivity index (χ2v) is 9.96. The van der Waals surface area contributed by atoms with Gasteiger partial charge in [-0.15, -0.1) is 21.5 Å². The van der Waals surface area contributed by atoms with Crippen molar-refractivity contribution in [3.05, 3.63) is 77.5 Å². The number of carbonyl (C=O) groups is 1. The summed E-state index contributed by atoms with van der Waals surface area (Å²) in [5.41, 5.74) is 2.95. The summed E-state index contributed by atoms with van der Waals surface area (Å²) in [6.07, 6.45) is 2.36. The minimum absolute atomic E-state index is 0.0959. The van der Waals surface area contributed by atoms with Crippen molar-refractivity contribution in [2.45, 2.75) is 23.8 Å². The monoisotopic (exact) mass is 475 g/mol. The van der Waals surface area contributed by atoms with Gasteiger partial charge in [0.1, 0.15) is 0 Å². The first-order valence-corrected chi connectivity index (χ1v) is 12.1. The Morgan fingerprint density at radius 3 is 2.70 bits per heavy atom. The topological polar surface area (TPSA) is 85.8 Å². The molecule has 0 aliphatic carbocycles. The van der Waals surface area contributed by atoms with Crippen molar-refractivity contribution in [1.29, 1.82) is 0 Å². The molecular weight excluding hydrogens is 454 g/mol. The SMILES string of the molecule is C[C@H](Sc1nnc(-c2ccco2)n1C)C(=O)Nc1ccc(Cc2nc3ccccc3s2)cc1. The van der Waals surface area contributed by atoms with Crippen molar-refractivity contribution < 1.29 is 9.21 Å². The van der Waals surface area contributed by atoms with Crippen LogP contribution in [0.15, 0.2) is 76.5 Å². The smallest absolute Gasteiger partial charge is 0.237 e. The minimum atomic E-state index is -0.347. The molecule has 9 heteroatoms. The Bertz CT molecular complexity index is 1360. The van der Waals surface area contributed by atoms with Gasteiger partial charge in [0, 0.05) is 19.2 Å². The first kappa shape index (κ1) is 21.4. The molecule has 0 fully saturated rings. The maximum absolute atomic E-state index is 12.7. The molecule has 1 atom stereocenters. The average molecular weight is 476 g/mol. The maximum atomic E-state index is 12.7. The number of carbonyl (C=O) groups excluding carboxylic acids is 1. The van der Waals surface area contributed by atoms with Gasteiger partial charge in [0.25, 0.3) is 0 Å². The molecule has 0 aliphatic heterocycles. The van der Waals surface area contributed by atoms with Crippen molar-refractivity contribution in [2.24, 2.45) is 7.05 Å². The van der Waals surface area contributed by atoms with E-state index in [0.717, 1.165) is 28.2 Å². The number of nitrogens with one attached hydrogen (secondary N) is 1. The highest BCUT2D eigenvalue weighted by Gasteiger charge is 2.20. The summed E-state index contributed by atoms with van der Waals surface area (Å²) < 4.78 is 8.41. The van der Waals surface area contributed by atoms with Crippen LogP contribution in [0.4, 0.5) is 5.69 Å². The number of amides is 1. The Morgan fingerprint density at radius 2 is 1.94 bits per heavy atom. The lowest BCUT2D eigenvalue weighted by atomic mass is 10.1. The maximum Gasteiger partial charge on any atom is 0.237 e. The van der Waals surface area contributed by atoms with E-state index in [1.807, 2.05) is 67.1 Å². The molecule has 0 spiro atoms. The van der Waals surface area contributed by atoms with Crippen LogP contribution < -0.4 is 5.32 Å². The summed E-state index contributed by atoms with van der Waals surface area (Å²) in [5, 5.41) is 12.7. The van der Waals surface area contributed by atoms with Crippen molar-refractivity contribution in [1.82, 2.24) is 19.7 Å². The second kappa shape index (κ2) is 9.21. The second-order valence-electron chi connectivity index (χ2n) is 7.54. The van der Waals surface area contributed by atoms with Gasteiger partial charge in [0.05, 0.1) is 26.7 Å². The first-order valence-electron chi connectivity index (χ1n) is 10.4. The molecule has 0 radical (unpaired) electrons. The molecule has 0 unspecified atom stereocenters. The number of thiazole rings is 1. The molecule has 166 valence electrons. The predicted molar refractivity (Wildman–Crippen MR) is 132 cm³/mol. The molecule has 7 nitrogen and oxygen atoms in total. The number of hydrogen-bond donors (Lipinski definition) is 1. The molecule has 2 aromatic carbocycles. The Morgan fingerprint density at radius 1 is 1.12 bits per heavy atom. The molecule has 0 saturated heterocycles. The highest BCUT2D eigenvalue weighted by atomic mass is 32.2. The van der Waals surface area contributed by atoms with Crippen molar-refractivity contribution in [3.63, 3.8) is 0 Å². The van der Waals surface area contributed by atoms with E-state index in [9.17, 15) is 4.79 Å². The van der Waals surface area contributed by atoms with Gasteiger partial charge in [-0.25, -0.2) is 4.98 Å². The molecule has 33 heavy (non-hydrogen) atoms. The van der Waals surface area contributed by atoms with Gasteiger partial charge in [0.2, 0.25) is 5.91 Å². The van der Waals surface area contributed by atoms with E-state index in [0.29, 0.717) is 16.7 Å². The summed E-state index contributed by atoms with van der Waals surface area (Å²) in [6.45, 7) is 1.85. The van der Waals surface area contributed by atoms with Crippen LogP contribution in [0.3, 0.4) is 0 Å². The number of nitrogens with zero attached hydrogens (tertiary/aromatic N) is 4. The third-order valence-corrected chi connectivity index (χ3v) is 7.31. The largest absolute Gasteiger partial charge is 0.461 e. The van der Waals surface area contributed by atoms with Gasteiger partial charge in [-0.1, -0.05) is 36.0 Å². The number of aromatic nitrogens is 4. The zero-order valence-electron chi connectivity index (χ0n) is 18.1. The van der Waals surface area contributed by atoms with E-state index in [1.54, 1.807) is 23.7 Å². The minimum Gasteiger partial charge on any atom is -0.461 e. The Balaban J connectivity index is 1.20. The van der Waals surface area contributed by atoms with E-state index in [1.165, 1.54) is 16.5 Å². The number of hydrogen-bond acceptors (Lipinski definition) is 7. The van der Waals surface area contributed by atoms with Crippen LogP contribution in [0.2, 0.25) is 0 Å². The van der Waals surface area contributed by atoms with Gasteiger partial charge < -0.3 is 14.3 Å². The van der Waals surface area contributed by atoms with Gasteiger partial charge in [-0.05, 0) is 48.9 Å². The third-order valence-electron chi connectivity index (χ3n) is 5.14. The van der Waals surface area contributed by atoms with Gasteiger partial charge in [-0.3, -0.25) is 4.79 Å². The molecule has 0 bridgehead atoms. The van der Waals surface area contributed by atoms with Crippen LogP contribution in [0.5, 0.6) is 0 Å². The summed E-state index contributed by atoms with van der Waals surface area (Å²) in [4.78, 5) is 17.4. The Hall–Kier alpha value is -3.43. The first-order chi connectivity index (χ1) is 16.1. The number of thioether (sulfide) groups is 1. The van der Waals surface area contributed by atoms with Crippen molar-refractivity contribution in [3.8, 4) is 11.6 Å². The van der Waals surface area contributed by atoms with Crippen molar-refractivity contribution in [2.75, 3.05) is 5.32 Å². The lowest BCUT2D eigenvalue weighted by Gasteiger charge is -2.12.